The molecule has 0 aromatic heterocycles. The second-order valence-corrected chi connectivity index (χ2v) is 8.81. The van der Waals surface area contributed by atoms with Crippen LogP contribution >= 0.6 is 0 Å². The van der Waals surface area contributed by atoms with Crippen molar-refractivity contribution in [2.75, 3.05) is 13.1 Å². The largest absolute Gasteiger partial charge is 0.444 e. The minimum atomic E-state index is -3.61. The second kappa shape index (κ2) is 7.42. The van der Waals surface area contributed by atoms with E-state index in [-0.39, 0.29) is 18.3 Å². The fourth-order valence-corrected chi connectivity index (χ4v) is 4.05. The minimum Gasteiger partial charge on any atom is -0.444 e. The van der Waals surface area contributed by atoms with Gasteiger partial charge in [0.1, 0.15) is 5.60 Å². The fraction of sp³-hybridized carbons (Fsp3) is 0.529. The molecule has 8 heteroatoms. The monoisotopic (exact) mass is 365 g/mol. The summed E-state index contributed by atoms with van der Waals surface area (Å²) in [4.78, 5) is 13.5. The Morgan fingerprint density at radius 2 is 2.08 bits per heavy atom. The van der Waals surface area contributed by atoms with Gasteiger partial charge in [-0.05, 0) is 38.8 Å². The molecular weight excluding hydrogens is 342 g/mol. The zero-order chi connectivity index (χ0) is 18.7. The molecule has 0 radical (unpaired) electrons. The van der Waals surface area contributed by atoms with Crippen LogP contribution in [0.4, 0.5) is 4.79 Å². The maximum Gasteiger partial charge on any atom is 0.410 e. The fourth-order valence-electron chi connectivity index (χ4n) is 2.60. The number of ether oxygens (including phenoxy) is 1. The number of carbonyl (C=O) groups is 1. The quantitative estimate of drug-likeness (QED) is 0.879. The lowest BCUT2D eigenvalue weighted by molar-refractivity contribution is 0.0292. The van der Waals surface area contributed by atoms with Crippen molar-refractivity contribution in [3.05, 3.63) is 35.4 Å². The summed E-state index contributed by atoms with van der Waals surface area (Å²) in [5, 5.41) is 9.06. The van der Waals surface area contributed by atoms with E-state index in [2.05, 4.69) is 4.72 Å². The summed E-state index contributed by atoms with van der Waals surface area (Å²) in [6.07, 6.45) is 0.0854. The molecule has 1 atom stereocenters. The third-order valence-electron chi connectivity index (χ3n) is 3.67. The van der Waals surface area contributed by atoms with Gasteiger partial charge in [0.05, 0.1) is 17.4 Å². The smallest absolute Gasteiger partial charge is 0.410 e. The average Bonchev–Trinajstić information content (AvgIpc) is 2.93. The number of hydrogen-bond donors (Lipinski definition) is 1. The third-order valence-corrected chi connectivity index (χ3v) is 5.05. The van der Waals surface area contributed by atoms with Crippen LogP contribution in [0.5, 0.6) is 0 Å². The summed E-state index contributed by atoms with van der Waals surface area (Å²) < 4.78 is 32.7. The Morgan fingerprint density at radius 1 is 1.40 bits per heavy atom. The molecule has 1 heterocycles. The first-order valence-electron chi connectivity index (χ1n) is 8.05. The van der Waals surface area contributed by atoms with Crippen molar-refractivity contribution in [3.63, 3.8) is 0 Å². The zero-order valence-electron chi connectivity index (χ0n) is 14.7. The highest BCUT2D eigenvalue weighted by atomic mass is 32.2. The molecule has 1 aromatic carbocycles. The predicted molar refractivity (Wildman–Crippen MR) is 93.1 cm³/mol. The molecule has 0 unspecified atom stereocenters. The molecule has 1 aliphatic heterocycles. The molecule has 0 bridgehead atoms. The Hall–Kier alpha value is -2.11. The highest BCUT2D eigenvalue weighted by Crippen LogP contribution is 2.17. The van der Waals surface area contributed by atoms with E-state index in [1.165, 1.54) is 4.90 Å². The van der Waals surface area contributed by atoms with Gasteiger partial charge in [0.2, 0.25) is 10.0 Å². The standard InChI is InChI=1S/C17H23N3O4S/c1-17(2,3)24-16(21)20-9-8-15(11-20)19-25(22,23)12-14-7-5-4-6-13(14)10-18/h4-7,15,19H,8-9,11-12H2,1-3H3/t15-/m1/s1. The molecule has 7 nitrogen and oxygen atoms in total. The van der Waals surface area contributed by atoms with Gasteiger partial charge in [0.15, 0.2) is 0 Å². The number of nitrogens with one attached hydrogen (secondary N) is 1. The van der Waals surface area contributed by atoms with Gasteiger partial charge in [-0.15, -0.1) is 0 Å². The van der Waals surface area contributed by atoms with Crippen LogP contribution in [-0.2, 0) is 20.5 Å². The molecule has 1 aromatic rings. The van der Waals surface area contributed by atoms with Crippen molar-refractivity contribution in [1.82, 2.24) is 9.62 Å². The number of likely N-dealkylation sites (tertiary alicyclic amines) is 1. The predicted octanol–water partition coefficient (Wildman–Crippen LogP) is 1.99. The van der Waals surface area contributed by atoms with Crippen LogP contribution in [0.3, 0.4) is 0 Å². The van der Waals surface area contributed by atoms with Gasteiger partial charge in [0, 0.05) is 19.1 Å². The van der Waals surface area contributed by atoms with E-state index in [9.17, 15) is 13.2 Å². The number of nitriles is 1. The third kappa shape index (κ3) is 5.73. The van der Waals surface area contributed by atoms with Crippen LogP contribution in [0.15, 0.2) is 24.3 Å². The second-order valence-electron chi connectivity index (χ2n) is 7.06. The molecule has 1 N–H and O–H groups in total. The Bertz CT molecular complexity index is 778. The van der Waals surface area contributed by atoms with Crippen molar-refractivity contribution in [2.24, 2.45) is 0 Å². The van der Waals surface area contributed by atoms with Crippen molar-refractivity contribution in [2.45, 2.75) is 44.6 Å². The van der Waals surface area contributed by atoms with Crippen LogP contribution in [0.2, 0.25) is 0 Å². The van der Waals surface area contributed by atoms with Crippen LogP contribution < -0.4 is 4.72 Å². The molecular formula is C17H23N3O4S. The molecule has 1 amide bonds. The SMILES string of the molecule is CC(C)(C)OC(=O)N1CC[C@@H](NS(=O)(=O)Cc2ccccc2C#N)C1. The Balaban J connectivity index is 1.96. The van der Waals surface area contributed by atoms with E-state index >= 15 is 0 Å². The summed E-state index contributed by atoms with van der Waals surface area (Å²) in [7, 11) is -3.61. The number of hydrogen-bond acceptors (Lipinski definition) is 5. The number of rotatable bonds is 4. The number of nitrogens with zero attached hydrogens (tertiary/aromatic N) is 2. The molecule has 2 rings (SSSR count). The lowest BCUT2D eigenvalue weighted by Gasteiger charge is -2.24. The van der Waals surface area contributed by atoms with Gasteiger partial charge in [-0.25, -0.2) is 17.9 Å². The first kappa shape index (κ1) is 19.2. The topological polar surface area (TPSA) is 99.5 Å². The number of sulfonamides is 1. The summed E-state index contributed by atoms with van der Waals surface area (Å²) in [6.45, 7) is 6.07. The first-order chi connectivity index (χ1) is 11.6. The van der Waals surface area contributed by atoms with Gasteiger partial charge >= 0.3 is 6.09 Å². The molecule has 1 fully saturated rings. The van der Waals surface area contributed by atoms with Crippen molar-refractivity contribution >= 4 is 16.1 Å². The molecule has 0 aliphatic carbocycles. The molecule has 0 saturated carbocycles. The molecule has 1 saturated heterocycles. The lowest BCUT2D eigenvalue weighted by Crippen LogP contribution is -2.40. The highest BCUT2D eigenvalue weighted by Gasteiger charge is 2.32. The minimum absolute atomic E-state index is 0.264. The van der Waals surface area contributed by atoms with Crippen molar-refractivity contribution < 1.29 is 17.9 Å². The van der Waals surface area contributed by atoms with Crippen LogP contribution in [0.25, 0.3) is 0 Å². The number of amides is 1. The summed E-state index contributed by atoms with van der Waals surface area (Å²) in [5.41, 5.74) is 0.213. The van der Waals surface area contributed by atoms with Crippen LogP contribution in [0, 0.1) is 11.3 Å². The van der Waals surface area contributed by atoms with E-state index in [1.54, 1.807) is 45.0 Å². The number of benzene rings is 1. The van der Waals surface area contributed by atoms with Gasteiger partial charge in [-0.2, -0.15) is 5.26 Å². The van der Waals surface area contributed by atoms with E-state index in [4.69, 9.17) is 10.00 Å². The van der Waals surface area contributed by atoms with Crippen LogP contribution in [0.1, 0.15) is 38.3 Å². The van der Waals surface area contributed by atoms with Crippen LogP contribution in [-0.4, -0.2) is 44.1 Å². The summed E-state index contributed by atoms with van der Waals surface area (Å²) >= 11 is 0. The van der Waals surface area contributed by atoms with Gasteiger partial charge in [0.25, 0.3) is 0 Å². The normalized spacial score (nSPS) is 18.0. The molecule has 0 spiro atoms. The summed E-state index contributed by atoms with van der Waals surface area (Å²) in [5.74, 6) is -0.264. The van der Waals surface area contributed by atoms with E-state index in [1.807, 2.05) is 6.07 Å². The average molecular weight is 365 g/mol. The molecule has 25 heavy (non-hydrogen) atoms. The number of carbonyl (C=O) groups excluding carboxylic acids is 1. The Labute approximate surface area is 148 Å². The molecule has 1 aliphatic rings. The maximum atomic E-state index is 12.4. The van der Waals surface area contributed by atoms with Gasteiger partial charge < -0.3 is 9.64 Å². The van der Waals surface area contributed by atoms with Crippen molar-refractivity contribution in [1.29, 1.82) is 5.26 Å². The maximum absolute atomic E-state index is 12.4. The van der Waals surface area contributed by atoms with Gasteiger partial charge in [-0.3, -0.25) is 0 Å². The molecule has 136 valence electrons. The zero-order valence-corrected chi connectivity index (χ0v) is 15.5. The summed E-state index contributed by atoms with van der Waals surface area (Å²) in [6, 6.07) is 8.24. The van der Waals surface area contributed by atoms with Gasteiger partial charge in [-0.1, -0.05) is 18.2 Å². The highest BCUT2D eigenvalue weighted by molar-refractivity contribution is 7.88. The van der Waals surface area contributed by atoms with E-state index in [0.29, 0.717) is 24.1 Å². The van der Waals surface area contributed by atoms with E-state index in [0.717, 1.165) is 0 Å². The first-order valence-corrected chi connectivity index (χ1v) is 9.71. The van der Waals surface area contributed by atoms with Crippen molar-refractivity contribution in [3.8, 4) is 6.07 Å². The Morgan fingerprint density at radius 3 is 2.72 bits per heavy atom. The lowest BCUT2D eigenvalue weighted by atomic mass is 10.1. The van der Waals surface area contributed by atoms with E-state index < -0.39 is 21.7 Å². The Kier molecular flexibility index (Phi) is 5.70.